The van der Waals surface area contributed by atoms with Gasteiger partial charge in [0.25, 0.3) is 5.91 Å². The van der Waals surface area contributed by atoms with Crippen LogP contribution in [0.3, 0.4) is 0 Å². The summed E-state index contributed by atoms with van der Waals surface area (Å²) in [6.07, 6.45) is 0. The van der Waals surface area contributed by atoms with Crippen LogP contribution in [-0.4, -0.2) is 5.91 Å². The van der Waals surface area contributed by atoms with E-state index in [0.29, 0.717) is 16.3 Å². The molecule has 2 rings (SSSR count). The van der Waals surface area contributed by atoms with Crippen molar-refractivity contribution in [1.82, 2.24) is 0 Å². The average Bonchev–Trinajstić information content (AvgIpc) is 2.32. The molecule has 1 amide bonds. The van der Waals surface area contributed by atoms with Crippen LogP contribution in [0.25, 0.3) is 0 Å². The van der Waals surface area contributed by atoms with Crippen molar-refractivity contribution in [2.24, 2.45) is 0 Å². The number of anilines is 2. The van der Waals surface area contributed by atoms with Gasteiger partial charge < -0.3 is 11.1 Å². The third-order valence-electron chi connectivity index (χ3n) is 2.61. The molecule has 0 atom stereocenters. The first kappa shape index (κ1) is 14.1. The van der Waals surface area contributed by atoms with Gasteiger partial charge in [-0.15, -0.1) is 0 Å². The Bertz CT molecular complexity index is 623. The molecule has 3 N–H and O–H groups in total. The lowest BCUT2D eigenvalue weighted by Gasteiger charge is -2.08. The summed E-state index contributed by atoms with van der Waals surface area (Å²) in [6.45, 7) is 2.02. The summed E-state index contributed by atoms with van der Waals surface area (Å²) in [5.41, 5.74) is 8.50. The SMILES string of the molecule is Cc1ccc(NC(=O)c2cc(N)cc(Cl)c2)cc1I. The minimum atomic E-state index is -0.228. The molecule has 0 aromatic heterocycles. The fourth-order valence-corrected chi connectivity index (χ4v) is 2.38. The lowest BCUT2D eigenvalue weighted by atomic mass is 10.1. The van der Waals surface area contributed by atoms with E-state index in [2.05, 4.69) is 27.9 Å². The van der Waals surface area contributed by atoms with Crippen molar-refractivity contribution in [3.05, 3.63) is 56.1 Å². The molecule has 2 aromatic rings. The zero-order chi connectivity index (χ0) is 14.0. The second-order valence-corrected chi connectivity index (χ2v) is 5.79. The Morgan fingerprint density at radius 1 is 1.26 bits per heavy atom. The van der Waals surface area contributed by atoms with Gasteiger partial charge in [-0.2, -0.15) is 0 Å². The molecule has 0 heterocycles. The van der Waals surface area contributed by atoms with E-state index < -0.39 is 0 Å². The van der Waals surface area contributed by atoms with Crippen LogP contribution in [0, 0.1) is 10.5 Å². The van der Waals surface area contributed by atoms with Crippen LogP contribution in [0.2, 0.25) is 5.02 Å². The zero-order valence-corrected chi connectivity index (χ0v) is 13.1. The van der Waals surface area contributed by atoms with Gasteiger partial charge in [-0.25, -0.2) is 0 Å². The molecule has 0 aliphatic rings. The minimum Gasteiger partial charge on any atom is -0.399 e. The van der Waals surface area contributed by atoms with Gasteiger partial charge in [0.05, 0.1) is 0 Å². The number of benzene rings is 2. The molecule has 0 saturated heterocycles. The van der Waals surface area contributed by atoms with Crippen molar-refractivity contribution >= 4 is 51.5 Å². The van der Waals surface area contributed by atoms with Crippen LogP contribution < -0.4 is 11.1 Å². The van der Waals surface area contributed by atoms with Gasteiger partial charge in [-0.05, 0) is 65.4 Å². The molecule has 19 heavy (non-hydrogen) atoms. The lowest BCUT2D eigenvalue weighted by molar-refractivity contribution is 0.102. The van der Waals surface area contributed by atoms with Crippen molar-refractivity contribution in [3.8, 4) is 0 Å². The summed E-state index contributed by atoms with van der Waals surface area (Å²) in [6, 6.07) is 10.5. The van der Waals surface area contributed by atoms with Gasteiger partial charge in [0.15, 0.2) is 0 Å². The van der Waals surface area contributed by atoms with Crippen LogP contribution >= 0.6 is 34.2 Å². The van der Waals surface area contributed by atoms with Crippen LogP contribution in [-0.2, 0) is 0 Å². The zero-order valence-electron chi connectivity index (χ0n) is 10.2. The summed E-state index contributed by atoms with van der Waals surface area (Å²) in [5.74, 6) is -0.228. The van der Waals surface area contributed by atoms with Crippen LogP contribution in [0.4, 0.5) is 11.4 Å². The third-order valence-corrected chi connectivity index (χ3v) is 3.99. The Labute approximate surface area is 130 Å². The highest BCUT2D eigenvalue weighted by Gasteiger charge is 2.08. The van der Waals surface area contributed by atoms with Crippen molar-refractivity contribution in [2.45, 2.75) is 6.92 Å². The summed E-state index contributed by atoms with van der Waals surface area (Å²) < 4.78 is 1.10. The molecule has 0 radical (unpaired) electrons. The van der Waals surface area contributed by atoms with Crippen molar-refractivity contribution < 1.29 is 4.79 Å². The summed E-state index contributed by atoms with van der Waals surface area (Å²) >= 11 is 8.11. The maximum Gasteiger partial charge on any atom is 0.255 e. The highest BCUT2D eigenvalue weighted by Crippen LogP contribution is 2.20. The highest BCUT2D eigenvalue weighted by atomic mass is 127. The number of hydrogen-bond donors (Lipinski definition) is 2. The minimum absolute atomic E-state index is 0.228. The van der Waals surface area contributed by atoms with E-state index in [1.807, 2.05) is 25.1 Å². The second kappa shape index (κ2) is 5.79. The van der Waals surface area contributed by atoms with E-state index in [-0.39, 0.29) is 5.91 Å². The number of halogens is 2. The molecule has 2 aromatic carbocycles. The maximum absolute atomic E-state index is 12.1. The molecule has 0 spiro atoms. The quantitative estimate of drug-likeness (QED) is 0.603. The Kier molecular flexibility index (Phi) is 4.31. The number of carbonyl (C=O) groups excluding carboxylic acids is 1. The fraction of sp³-hybridized carbons (Fsp3) is 0.0714. The number of rotatable bonds is 2. The molecule has 98 valence electrons. The maximum atomic E-state index is 12.1. The Morgan fingerprint density at radius 2 is 2.00 bits per heavy atom. The van der Waals surface area contributed by atoms with Crippen molar-refractivity contribution in [3.63, 3.8) is 0 Å². The van der Waals surface area contributed by atoms with Gasteiger partial charge in [-0.1, -0.05) is 17.7 Å². The number of nitrogens with one attached hydrogen (secondary N) is 1. The molecule has 0 fully saturated rings. The fourth-order valence-electron chi connectivity index (χ4n) is 1.62. The summed E-state index contributed by atoms with van der Waals surface area (Å²) in [7, 11) is 0. The van der Waals surface area contributed by atoms with E-state index in [0.717, 1.165) is 9.26 Å². The molecule has 0 bridgehead atoms. The molecule has 5 heteroatoms. The smallest absolute Gasteiger partial charge is 0.255 e. The van der Waals surface area contributed by atoms with Crippen LogP contribution in [0.15, 0.2) is 36.4 Å². The molecular formula is C14H12ClIN2O. The van der Waals surface area contributed by atoms with Crippen molar-refractivity contribution in [2.75, 3.05) is 11.1 Å². The predicted octanol–water partition coefficient (Wildman–Crippen LogP) is 4.09. The molecule has 3 nitrogen and oxygen atoms in total. The van der Waals surface area contributed by atoms with Gasteiger partial charge in [0.2, 0.25) is 0 Å². The van der Waals surface area contributed by atoms with E-state index >= 15 is 0 Å². The monoisotopic (exact) mass is 386 g/mol. The van der Waals surface area contributed by atoms with Gasteiger partial charge in [0, 0.05) is 25.5 Å². The van der Waals surface area contributed by atoms with Gasteiger partial charge >= 0.3 is 0 Å². The van der Waals surface area contributed by atoms with Crippen molar-refractivity contribution in [1.29, 1.82) is 0 Å². The number of amides is 1. The number of hydrogen-bond acceptors (Lipinski definition) is 2. The summed E-state index contributed by atoms with van der Waals surface area (Å²) in [5, 5.41) is 3.27. The molecule has 0 saturated carbocycles. The summed E-state index contributed by atoms with van der Waals surface area (Å²) in [4.78, 5) is 12.1. The molecule has 0 aliphatic heterocycles. The highest BCUT2D eigenvalue weighted by molar-refractivity contribution is 14.1. The van der Waals surface area contributed by atoms with Gasteiger partial charge in [-0.3, -0.25) is 4.79 Å². The molecule has 0 aliphatic carbocycles. The number of carbonyl (C=O) groups is 1. The van der Waals surface area contributed by atoms with Crippen LogP contribution in [0.5, 0.6) is 0 Å². The van der Waals surface area contributed by atoms with Gasteiger partial charge in [0.1, 0.15) is 0 Å². The van der Waals surface area contributed by atoms with E-state index in [4.69, 9.17) is 17.3 Å². The first-order valence-corrected chi connectivity index (χ1v) is 7.05. The third kappa shape index (κ3) is 3.61. The van der Waals surface area contributed by atoms with E-state index in [1.165, 1.54) is 5.56 Å². The van der Waals surface area contributed by atoms with E-state index in [1.54, 1.807) is 18.2 Å². The van der Waals surface area contributed by atoms with Crippen LogP contribution in [0.1, 0.15) is 15.9 Å². The number of aryl methyl sites for hydroxylation is 1. The second-order valence-electron chi connectivity index (χ2n) is 4.19. The number of nitrogens with two attached hydrogens (primary N) is 1. The lowest BCUT2D eigenvalue weighted by Crippen LogP contribution is -2.12. The molecule has 0 unspecified atom stereocenters. The topological polar surface area (TPSA) is 55.1 Å². The average molecular weight is 387 g/mol. The number of nitrogen functional groups attached to an aromatic ring is 1. The first-order chi connectivity index (χ1) is 8.95. The first-order valence-electron chi connectivity index (χ1n) is 5.59. The predicted molar refractivity (Wildman–Crippen MR) is 87.7 cm³/mol. The molecular weight excluding hydrogens is 375 g/mol. The normalized spacial score (nSPS) is 10.3. The Balaban J connectivity index is 2.22. The van der Waals surface area contributed by atoms with E-state index in [9.17, 15) is 4.79 Å². The largest absolute Gasteiger partial charge is 0.399 e. The standard InChI is InChI=1S/C14H12ClIN2O/c1-8-2-3-12(7-13(8)16)18-14(19)9-4-10(15)6-11(17)5-9/h2-7H,17H2,1H3,(H,18,19). The Hall–Kier alpha value is -1.27. The Morgan fingerprint density at radius 3 is 2.63 bits per heavy atom.